The zero-order valence-corrected chi connectivity index (χ0v) is 15.9. The number of benzene rings is 2. The Morgan fingerprint density at radius 1 is 1.12 bits per heavy atom. The van der Waals surface area contributed by atoms with E-state index >= 15 is 0 Å². The molecule has 6 nitrogen and oxygen atoms in total. The average molecular weight is 379 g/mol. The van der Waals surface area contributed by atoms with E-state index in [9.17, 15) is 17.6 Å². The van der Waals surface area contributed by atoms with Crippen LogP contribution in [0, 0.1) is 12.7 Å². The molecule has 0 saturated carbocycles. The summed E-state index contributed by atoms with van der Waals surface area (Å²) in [4.78, 5) is 11.9. The summed E-state index contributed by atoms with van der Waals surface area (Å²) in [6.45, 7) is 7.51. The van der Waals surface area contributed by atoms with Gasteiger partial charge in [0.1, 0.15) is 5.82 Å². The number of hydrogen-bond donors (Lipinski definition) is 3. The lowest BCUT2D eigenvalue weighted by Crippen LogP contribution is -2.31. The van der Waals surface area contributed by atoms with Gasteiger partial charge in [-0.1, -0.05) is 32.9 Å². The number of carbonyl (C=O) groups excluding carboxylic acids is 1. The van der Waals surface area contributed by atoms with Crippen LogP contribution in [-0.2, 0) is 15.4 Å². The number of sulfonamides is 1. The lowest BCUT2D eigenvalue weighted by atomic mass is 9.87. The highest BCUT2D eigenvalue weighted by molar-refractivity contribution is 7.92. The first-order chi connectivity index (χ1) is 12.0. The molecule has 0 aliphatic carbocycles. The van der Waals surface area contributed by atoms with Gasteiger partial charge in [-0.25, -0.2) is 18.7 Å². The zero-order valence-electron chi connectivity index (χ0n) is 15.1. The second-order valence-corrected chi connectivity index (χ2v) is 8.68. The van der Waals surface area contributed by atoms with Gasteiger partial charge in [-0.2, -0.15) is 0 Å². The third kappa shape index (κ3) is 4.20. The van der Waals surface area contributed by atoms with E-state index in [0.717, 1.165) is 11.6 Å². The third-order valence-electron chi connectivity index (χ3n) is 3.95. The monoisotopic (exact) mass is 379 g/mol. The number of anilines is 1. The van der Waals surface area contributed by atoms with Crippen LogP contribution in [0.4, 0.5) is 10.1 Å². The minimum atomic E-state index is -4.01. The molecule has 0 spiro atoms. The Balaban J connectivity index is 2.44. The molecule has 2 aromatic carbocycles. The fourth-order valence-electron chi connectivity index (χ4n) is 2.37. The smallest absolute Gasteiger partial charge is 0.267 e. The summed E-state index contributed by atoms with van der Waals surface area (Å²) in [5, 5.41) is 0. The first-order valence-corrected chi connectivity index (χ1v) is 9.38. The molecule has 140 valence electrons. The Morgan fingerprint density at radius 3 is 2.19 bits per heavy atom. The molecular formula is C18H22FN3O3S. The van der Waals surface area contributed by atoms with E-state index in [1.807, 2.05) is 26.2 Å². The summed E-state index contributed by atoms with van der Waals surface area (Å²) in [6.07, 6.45) is 0. The molecule has 0 atom stereocenters. The predicted octanol–water partition coefficient (Wildman–Crippen LogP) is 2.84. The van der Waals surface area contributed by atoms with Crippen molar-refractivity contribution >= 4 is 21.6 Å². The van der Waals surface area contributed by atoms with Crippen molar-refractivity contribution in [2.45, 2.75) is 38.0 Å². The van der Waals surface area contributed by atoms with Crippen LogP contribution in [0.25, 0.3) is 0 Å². The van der Waals surface area contributed by atoms with E-state index in [0.29, 0.717) is 0 Å². The number of hydrazine groups is 1. The number of carbonyl (C=O) groups is 1. The molecule has 0 bridgehead atoms. The van der Waals surface area contributed by atoms with E-state index in [4.69, 9.17) is 5.84 Å². The number of nitrogen functional groups attached to an aromatic ring is 1. The van der Waals surface area contributed by atoms with Crippen molar-refractivity contribution in [3.8, 4) is 0 Å². The summed E-state index contributed by atoms with van der Waals surface area (Å²) in [5.74, 6) is 3.76. The van der Waals surface area contributed by atoms with Crippen molar-refractivity contribution < 1.29 is 17.6 Å². The molecule has 0 fully saturated rings. The number of amides is 1. The molecule has 0 radical (unpaired) electrons. The Bertz CT molecular complexity index is 933. The topological polar surface area (TPSA) is 101 Å². The summed E-state index contributed by atoms with van der Waals surface area (Å²) in [7, 11) is -4.01. The molecule has 8 heteroatoms. The van der Waals surface area contributed by atoms with Crippen LogP contribution in [0.1, 0.15) is 42.3 Å². The molecule has 0 unspecified atom stereocenters. The van der Waals surface area contributed by atoms with Gasteiger partial charge in [-0.05, 0) is 47.7 Å². The number of halogens is 1. The van der Waals surface area contributed by atoms with Crippen LogP contribution >= 0.6 is 0 Å². The Hall–Kier alpha value is -2.45. The maximum Gasteiger partial charge on any atom is 0.267 e. The highest BCUT2D eigenvalue weighted by Gasteiger charge is 2.21. The Kier molecular flexibility index (Phi) is 5.39. The maximum absolute atomic E-state index is 13.9. The first-order valence-electron chi connectivity index (χ1n) is 7.90. The number of aryl methyl sites for hydroxylation is 1. The maximum atomic E-state index is 13.9. The zero-order chi connectivity index (χ0) is 19.7. The summed E-state index contributed by atoms with van der Waals surface area (Å²) >= 11 is 0. The van der Waals surface area contributed by atoms with Crippen molar-refractivity contribution in [2.75, 3.05) is 4.72 Å². The van der Waals surface area contributed by atoms with Gasteiger partial charge in [0.15, 0.2) is 0 Å². The molecule has 0 heterocycles. The SMILES string of the molecule is Cc1cc(C(=O)NN)c(NS(=O)(=O)c2ccc(C(C)(C)C)cc2)cc1F. The van der Waals surface area contributed by atoms with Gasteiger partial charge in [-0.3, -0.25) is 14.9 Å². The van der Waals surface area contributed by atoms with Crippen LogP contribution in [0.2, 0.25) is 0 Å². The van der Waals surface area contributed by atoms with Crippen LogP contribution in [0.3, 0.4) is 0 Å². The molecule has 2 aromatic rings. The fraction of sp³-hybridized carbons (Fsp3) is 0.278. The van der Waals surface area contributed by atoms with Crippen LogP contribution in [0.15, 0.2) is 41.3 Å². The minimum absolute atomic E-state index is 0.00518. The van der Waals surface area contributed by atoms with E-state index in [2.05, 4.69) is 4.72 Å². The van der Waals surface area contributed by atoms with Crippen molar-refractivity contribution in [3.05, 3.63) is 58.9 Å². The molecule has 0 aromatic heterocycles. The lowest BCUT2D eigenvalue weighted by molar-refractivity contribution is 0.0954. The van der Waals surface area contributed by atoms with Gasteiger partial charge < -0.3 is 0 Å². The highest BCUT2D eigenvalue weighted by Crippen LogP contribution is 2.26. The van der Waals surface area contributed by atoms with Crippen molar-refractivity contribution in [1.29, 1.82) is 0 Å². The third-order valence-corrected chi connectivity index (χ3v) is 5.33. The van der Waals surface area contributed by atoms with E-state index < -0.39 is 21.7 Å². The second-order valence-electron chi connectivity index (χ2n) is 7.00. The minimum Gasteiger partial charge on any atom is -0.290 e. The van der Waals surface area contributed by atoms with E-state index in [1.54, 1.807) is 12.1 Å². The molecule has 0 aliphatic heterocycles. The lowest BCUT2D eigenvalue weighted by Gasteiger charge is -2.19. The Morgan fingerprint density at radius 2 is 1.69 bits per heavy atom. The first kappa shape index (κ1) is 19.9. The van der Waals surface area contributed by atoms with Gasteiger partial charge in [0, 0.05) is 0 Å². The van der Waals surface area contributed by atoms with Gasteiger partial charge in [0.05, 0.1) is 16.1 Å². The number of rotatable bonds is 4. The average Bonchev–Trinajstić information content (AvgIpc) is 2.56. The van der Waals surface area contributed by atoms with Gasteiger partial charge in [0.2, 0.25) is 0 Å². The van der Waals surface area contributed by atoms with Crippen molar-refractivity contribution in [1.82, 2.24) is 5.43 Å². The highest BCUT2D eigenvalue weighted by atomic mass is 32.2. The van der Waals surface area contributed by atoms with E-state index in [-0.39, 0.29) is 27.1 Å². The molecular weight excluding hydrogens is 357 g/mol. The molecule has 2 rings (SSSR count). The van der Waals surface area contributed by atoms with Crippen LogP contribution in [0.5, 0.6) is 0 Å². The largest absolute Gasteiger partial charge is 0.290 e. The number of nitrogens with one attached hydrogen (secondary N) is 2. The van der Waals surface area contributed by atoms with Crippen LogP contribution < -0.4 is 16.0 Å². The van der Waals surface area contributed by atoms with E-state index in [1.165, 1.54) is 25.1 Å². The summed E-state index contributed by atoms with van der Waals surface area (Å²) in [6, 6.07) is 8.57. The molecule has 1 amide bonds. The van der Waals surface area contributed by atoms with Gasteiger partial charge in [0.25, 0.3) is 15.9 Å². The van der Waals surface area contributed by atoms with Gasteiger partial charge >= 0.3 is 0 Å². The molecule has 0 saturated heterocycles. The Labute approximate surface area is 152 Å². The number of nitrogens with two attached hydrogens (primary N) is 1. The van der Waals surface area contributed by atoms with Crippen molar-refractivity contribution in [2.24, 2.45) is 5.84 Å². The predicted molar refractivity (Wildman–Crippen MR) is 98.7 cm³/mol. The van der Waals surface area contributed by atoms with Crippen LogP contribution in [-0.4, -0.2) is 14.3 Å². The second kappa shape index (κ2) is 7.05. The number of hydrogen-bond acceptors (Lipinski definition) is 4. The summed E-state index contributed by atoms with van der Waals surface area (Å²) < 4.78 is 41.4. The standard InChI is InChI=1S/C18H22FN3O3S/c1-11-9-14(17(23)21-20)16(10-15(11)19)22-26(24,25)13-7-5-12(6-8-13)18(2,3)4/h5-10,22H,20H2,1-4H3,(H,21,23). The molecule has 26 heavy (non-hydrogen) atoms. The molecule has 0 aliphatic rings. The quantitative estimate of drug-likeness (QED) is 0.432. The van der Waals surface area contributed by atoms with Gasteiger partial charge in [-0.15, -0.1) is 0 Å². The normalized spacial score (nSPS) is 11.9. The molecule has 4 N–H and O–H groups in total. The van der Waals surface area contributed by atoms with Crippen molar-refractivity contribution in [3.63, 3.8) is 0 Å². The summed E-state index contributed by atoms with van der Waals surface area (Å²) in [5.41, 5.74) is 2.71. The fourth-order valence-corrected chi connectivity index (χ4v) is 3.44.